The van der Waals surface area contributed by atoms with Crippen molar-refractivity contribution in [3.05, 3.63) is 101 Å². The van der Waals surface area contributed by atoms with Crippen LogP contribution in [0.15, 0.2) is 66.9 Å². The molecule has 6 rings (SSSR count). The second-order valence-corrected chi connectivity index (χ2v) is 11.0. The fourth-order valence-electron chi connectivity index (χ4n) is 6.17. The zero-order valence-electron chi connectivity index (χ0n) is 23.0. The Hall–Kier alpha value is -4.31. The molecule has 2 aliphatic heterocycles. The largest absolute Gasteiger partial charge is 0.476 e. The van der Waals surface area contributed by atoms with Gasteiger partial charge >= 0.3 is 5.97 Å². The van der Waals surface area contributed by atoms with Crippen molar-refractivity contribution in [2.75, 3.05) is 26.2 Å². The van der Waals surface area contributed by atoms with Crippen LogP contribution >= 0.6 is 0 Å². The van der Waals surface area contributed by atoms with Gasteiger partial charge in [-0.05, 0) is 68.2 Å². The van der Waals surface area contributed by atoms with Gasteiger partial charge in [0, 0.05) is 38.5 Å². The topological polar surface area (TPSA) is 96.5 Å². The first-order valence-corrected chi connectivity index (χ1v) is 14.0. The van der Waals surface area contributed by atoms with E-state index >= 15 is 0 Å². The fraction of sp³-hybridized carbons (Fsp3) is 0.355. The molecule has 0 saturated carbocycles. The number of carbonyl (C=O) groups is 2. The van der Waals surface area contributed by atoms with E-state index in [0.717, 1.165) is 49.4 Å². The SMILES string of the molecule is Cn1nc(C(=O)O)cc1CN1CCC(c2c(C(=O)N3CC[C@H](c4ccccc4)C3)cnn2-c2ccc(F)cc2)CC1. The van der Waals surface area contributed by atoms with E-state index in [1.54, 1.807) is 40.8 Å². The number of hydrogen-bond donors (Lipinski definition) is 1. The van der Waals surface area contributed by atoms with E-state index in [4.69, 9.17) is 0 Å². The predicted molar refractivity (Wildman–Crippen MR) is 151 cm³/mol. The summed E-state index contributed by atoms with van der Waals surface area (Å²) in [5.41, 5.74) is 4.34. The molecule has 41 heavy (non-hydrogen) atoms. The van der Waals surface area contributed by atoms with Crippen molar-refractivity contribution in [3.63, 3.8) is 0 Å². The van der Waals surface area contributed by atoms with Crippen molar-refractivity contribution in [3.8, 4) is 5.69 Å². The number of aromatic nitrogens is 4. The highest BCUT2D eigenvalue weighted by molar-refractivity contribution is 5.95. The van der Waals surface area contributed by atoms with Gasteiger partial charge in [-0.25, -0.2) is 13.9 Å². The maximum Gasteiger partial charge on any atom is 0.356 e. The molecule has 2 aromatic carbocycles. The summed E-state index contributed by atoms with van der Waals surface area (Å²) in [6.45, 7) is 3.52. The number of amides is 1. The van der Waals surface area contributed by atoms with Gasteiger partial charge in [-0.1, -0.05) is 30.3 Å². The third kappa shape index (κ3) is 5.52. The minimum absolute atomic E-state index is 0.00897. The number of carboxylic acids is 1. The van der Waals surface area contributed by atoms with Gasteiger partial charge in [0.25, 0.3) is 5.91 Å². The minimum atomic E-state index is -1.04. The van der Waals surface area contributed by atoms with Crippen LogP contribution in [0.4, 0.5) is 4.39 Å². The van der Waals surface area contributed by atoms with Crippen molar-refractivity contribution in [1.29, 1.82) is 0 Å². The summed E-state index contributed by atoms with van der Waals surface area (Å²) in [4.78, 5) is 29.5. The Morgan fingerprint density at radius 1 is 0.976 bits per heavy atom. The molecule has 1 amide bonds. The van der Waals surface area contributed by atoms with Crippen molar-refractivity contribution in [2.45, 2.75) is 37.6 Å². The molecule has 1 N–H and O–H groups in total. The molecule has 0 bridgehead atoms. The molecule has 212 valence electrons. The number of aryl methyl sites for hydroxylation is 1. The summed E-state index contributed by atoms with van der Waals surface area (Å²) in [6, 6.07) is 18.2. The Labute approximate surface area is 237 Å². The number of piperidine rings is 1. The van der Waals surface area contributed by atoms with E-state index in [0.29, 0.717) is 31.1 Å². The lowest BCUT2D eigenvalue weighted by atomic mass is 9.90. The third-order valence-corrected chi connectivity index (χ3v) is 8.41. The average Bonchev–Trinajstić information content (AvgIpc) is 3.73. The van der Waals surface area contributed by atoms with Crippen molar-refractivity contribution < 1.29 is 19.1 Å². The van der Waals surface area contributed by atoms with Crippen LogP contribution in [0.1, 0.15) is 68.9 Å². The average molecular weight is 557 g/mol. The number of benzene rings is 2. The Bertz CT molecular complexity index is 1540. The minimum Gasteiger partial charge on any atom is -0.476 e. The van der Waals surface area contributed by atoms with E-state index in [9.17, 15) is 19.1 Å². The molecule has 0 radical (unpaired) electrons. The number of nitrogens with zero attached hydrogens (tertiary/aromatic N) is 6. The zero-order chi connectivity index (χ0) is 28.5. The van der Waals surface area contributed by atoms with Gasteiger partial charge in [0.1, 0.15) is 5.82 Å². The van der Waals surface area contributed by atoms with Crippen molar-refractivity contribution in [1.82, 2.24) is 29.4 Å². The Morgan fingerprint density at radius 2 is 1.68 bits per heavy atom. The lowest BCUT2D eigenvalue weighted by Crippen LogP contribution is -2.35. The molecule has 2 aromatic heterocycles. The molecule has 0 aliphatic carbocycles. The second kappa shape index (κ2) is 11.3. The predicted octanol–water partition coefficient (Wildman–Crippen LogP) is 4.45. The number of hydrogen-bond acceptors (Lipinski definition) is 5. The quantitative estimate of drug-likeness (QED) is 0.361. The van der Waals surface area contributed by atoms with Crippen LogP contribution in [0.2, 0.25) is 0 Å². The van der Waals surface area contributed by atoms with Gasteiger partial charge in [-0.3, -0.25) is 14.4 Å². The number of aromatic carboxylic acids is 1. The molecule has 2 fully saturated rings. The summed E-state index contributed by atoms with van der Waals surface area (Å²) >= 11 is 0. The molecule has 4 aromatic rings. The van der Waals surface area contributed by atoms with Gasteiger partial charge in [0.2, 0.25) is 0 Å². The molecule has 0 unspecified atom stereocenters. The van der Waals surface area contributed by atoms with Gasteiger partial charge < -0.3 is 10.0 Å². The van der Waals surface area contributed by atoms with E-state index < -0.39 is 5.97 Å². The lowest BCUT2D eigenvalue weighted by Gasteiger charge is -2.32. The normalized spacial score (nSPS) is 18.2. The van der Waals surface area contributed by atoms with E-state index in [1.165, 1.54) is 17.7 Å². The maximum atomic E-state index is 13.9. The standard InChI is InChI=1S/C31H33FN6O3/c1-35-26(17-28(34-35)31(40)41)20-36-14-11-22(12-15-36)29-27(18-33-38(29)25-9-7-24(32)8-10-25)30(39)37-16-13-23(19-37)21-5-3-2-4-6-21/h2-10,17-18,22-23H,11-16,19-20H2,1H3,(H,40,41)/t23-/m0/s1. The Kier molecular flexibility index (Phi) is 7.40. The molecule has 0 spiro atoms. The molecule has 1 atom stereocenters. The number of carbonyl (C=O) groups excluding carboxylic acids is 1. The van der Waals surface area contributed by atoms with Crippen LogP contribution < -0.4 is 0 Å². The summed E-state index contributed by atoms with van der Waals surface area (Å²) in [7, 11) is 1.76. The molecular formula is C31H33FN6O3. The van der Waals surface area contributed by atoms with Crippen LogP contribution in [0.5, 0.6) is 0 Å². The Morgan fingerprint density at radius 3 is 2.37 bits per heavy atom. The number of likely N-dealkylation sites (tertiary alicyclic amines) is 2. The summed E-state index contributed by atoms with van der Waals surface area (Å²) in [5.74, 6) is -0.966. The molecule has 10 heteroatoms. The third-order valence-electron chi connectivity index (χ3n) is 8.41. The fourth-order valence-corrected chi connectivity index (χ4v) is 6.17. The number of halogens is 1. The van der Waals surface area contributed by atoms with Crippen LogP contribution in [-0.2, 0) is 13.6 Å². The van der Waals surface area contributed by atoms with E-state index in [1.807, 2.05) is 23.1 Å². The summed E-state index contributed by atoms with van der Waals surface area (Å²) in [5, 5.41) is 18.0. The van der Waals surface area contributed by atoms with Gasteiger partial charge in [0.05, 0.1) is 28.8 Å². The maximum absolute atomic E-state index is 13.9. The molecule has 2 aliphatic rings. The van der Waals surface area contributed by atoms with Crippen LogP contribution in [0, 0.1) is 5.82 Å². The monoisotopic (exact) mass is 556 g/mol. The molecule has 2 saturated heterocycles. The van der Waals surface area contributed by atoms with Crippen molar-refractivity contribution in [2.24, 2.45) is 7.05 Å². The van der Waals surface area contributed by atoms with Crippen LogP contribution in [-0.4, -0.2) is 72.5 Å². The summed E-state index contributed by atoms with van der Waals surface area (Å²) < 4.78 is 17.2. The first-order valence-electron chi connectivity index (χ1n) is 14.0. The number of carboxylic acid groups (broad SMARTS) is 1. The first-order chi connectivity index (χ1) is 19.9. The van der Waals surface area contributed by atoms with Crippen LogP contribution in [0.25, 0.3) is 5.69 Å². The highest BCUT2D eigenvalue weighted by atomic mass is 19.1. The molecular weight excluding hydrogens is 523 g/mol. The molecule has 4 heterocycles. The van der Waals surface area contributed by atoms with Gasteiger partial charge in [0.15, 0.2) is 5.69 Å². The number of rotatable bonds is 7. The second-order valence-electron chi connectivity index (χ2n) is 11.0. The van der Waals surface area contributed by atoms with Gasteiger partial charge in [-0.15, -0.1) is 0 Å². The van der Waals surface area contributed by atoms with Crippen molar-refractivity contribution >= 4 is 11.9 Å². The van der Waals surface area contributed by atoms with Crippen LogP contribution in [0.3, 0.4) is 0 Å². The Balaban J connectivity index is 1.23. The van der Waals surface area contributed by atoms with E-state index in [-0.39, 0.29) is 23.3 Å². The highest BCUT2D eigenvalue weighted by Gasteiger charge is 2.34. The van der Waals surface area contributed by atoms with E-state index in [2.05, 4.69) is 27.2 Å². The molecule has 9 nitrogen and oxygen atoms in total. The highest BCUT2D eigenvalue weighted by Crippen LogP contribution is 2.35. The smallest absolute Gasteiger partial charge is 0.356 e. The van der Waals surface area contributed by atoms with Gasteiger partial charge in [-0.2, -0.15) is 10.2 Å². The summed E-state index contributed by atoms with van der Waals surface area (Å²) in [6.07, 6.45) is 4.21. The zero-order valence-corrected chi connectivity index (χ0v) is 23.0. The first kappa shape index (κ1) is 26.9. The lowest BCUT2D eigenvalue weighted by molar-refractivity contribution is 0.0688.